The zero-order valence-corrected chi connectivity index (χ0v) is 14.4. The van der Waals surface area contributed by atoms with Crippen molar-refractivity contribution in [2.75, 3.05) is 11.6 Å². The maximum Gasteiger partial charge on any atom is 0.237 e. The molecule has 0 aliphatic carbocycles. The van der Waals surface area contributed by atoms with Gasteiger partial charge in [-0.1, -0.05) is 12.1 Å². The van der Waals surface area contributed by atoms with E-state index in [1.807, 2.05) is 30.5 Å². The zero-order chi connectivity index (χ0) is 16.8. The van der Waals surface area contributed by atoms with Crippen LogP contribution in [-0.4, -0.2) is 17.4 Å². The second kappa shape index (κ2) is 8.36. The molecular weight excluding hydrogens is 336 g/mol. The van der Waals surface area contributed by atoms with E-state index in [9.17, 15) is 13.6 Å². The van der Waals surface area contributed by atoms with E-state index in [2.05, 4.69) is 5.32 Å². The zero-order valence-electron chi connectivity index (χ0n) is 12.8. The van der Waals surface area contributed by atoms with Gasteiger partial charge in [-0.05, 0) is 43.0 Å². The van der Waals surface area contributed by atoms with Gasteiger partial charge in [0.2, 0.25) is 5.91 Å². The molecule has 1 N–H and O–H groups in total. The molecule has 0 radical (unpaired) electrons. The lowest BCUT2D eigenvalue weighted by molar-refractivity contribution is -0.115. The molecule has 23 heavy (non-hydrogen) atoms. The second-order valence-corrected chi connectivity index (χ2v) is 7.12. The molecule has 6 heteroatoms. The van der Waals surface area contributed by atoms with Gasteiger partial charge in [0.15, 0.2) is 0 Å². The molecule has 0 saturated carbocycles. The van der Waals surface area contributed by atoms with E-state index in [0.29, 0.717) is 5.75 Å². The number of carbonyl (C=O) groups is 1. The predicted molar refractivity (Wildman–Crippen MR) is 94.0 cm³/mol. The number of rotatable bonds is 6. The van der Waals surface area contributed by atoms with Gasteiger partial charge < -0.3 is 5.32 Å². The third kappa shape index (κ3) is 5.25. The van der Waals surface area contributed by atoms with Crippen molar-refractivity contribution in [2.45, 2.75) is 22.8 Å². The predicted octanol–water partition coefficient (Wildman–Crippen LogP) is 4.95. The number of amides is 1. The summed E-state index contributed by atoms with van der Waals surface area (Å²) in [6.45, 7) is 1.76. The Labute approximate surface area is 143 Å². The number of carbonyl (C=O) groups excluding carboxylic acids is 1. The lowest BCUT2D eigenvalue weighted by Crippen LogP contribution is -2.23. The van der Waals surface area contributed by atoms with Gasteiger partial charge in [0.25, 0.3) is 0 Å². The van der Waals surface area contributed by atoms with E-state index in [4.69, 9.17) is 0 Å². The molecule has 0 heterocycles. The fourth-order valence-corrected chi connectivity index (χ4v) is 3.10. The largest absolute Gasteiger partial charge is 0.323 e. The minimum absolute atomic E-state index is 0.00632. The van der Waals surface area contributed by atoms with Gasteiger partial charge in [-0.3, -0.25) is 4.79 Å². The molecule has 0 aromatic heterocycles. The van der Waals surface area contributed by atoms with Crippen LogP contribution < -0.4 is 5.32 Å². The Kier molecular flexibility index (Phi) is 6.47. The molecule has 2 rings (SSSR count). The van der Waals surface area contributed by atoms with Crippen LogP contribution in [0.15, 0.2) is 47.4 Å². The summed E-state index contributed by atoms with van der Waals surface area (Å²) in [5.74, 6) is -1.06. The van der Waals surface area contributed by atoms with Crippen LogP contribution in [0.1, 0.15) is 12.5 Å². The molecule has 2 aromatic rings. The summed E-state index contributed by atoms with van der Waals surface area (Å²) >= 11 is 3.14. The van der Waals surface area contributed by atoms with Crippen molar-refractivity contribution in [3.05, 3.63) is 59.7 Å². The smallest absolute Gasteiger partial charge is 0.237 e. The van der Waals surface area contributed by atoms with Crippen molar-refractivity contribution >= 4 is 35.1 Å². The van der Waals surface area contributed by atoms with Crippen molar-refractivity contribution in [1.29, 1.82) is 0 Å². The summed E-state index contributed by atoms with van der Waals surface area (Å²) in [6.07, 6.45) is 2.02. The molecular formula is C17H17F2NOS2. The van der Waals surface area contributed by atoms with Gasteiger partial charge in [-0.2, -0.15) is 0 Å². The topological polar surface area (TPSA) is 29.1 Å². The Hall–Kier alpha value is -1.53. The van der Waals surface area contributed by atoms with Crippen LogP contribution in [-0.2, 0) is 10.5 Å². The van der Waals surface area contributed by atoms with Crippen molar-refractivity contribution in [3.8, 4) is 0 Å². The third-order valence-electron chi connectivity index (χ3n) is 3.22. The van der Waals surface area contributed by atoms with Crippen LogP contribution >= 0.6 is 23.5 Å². The van der Waals surface area contributed by atoms with Gasteiger partial charge in [0.1, 0.15) is 11.6 Å². The number of anilines is 1. The first kappa shape index (κ1) is 17.8. The van der Waals surface area contributed by atoms with E-state index in [1.165, 1.54) is 22.7 Å². The molecule has 1 atom stereocenters. The molecule has 0 aliphatic rings. The molecule has 0 bridgehead atoms. The standard InChI is InChI=1S/C17H17F2NOS2/c1-11(23-10-12-3-6-14(22-2)7-4-12)17(21)20-16-8-5-13(18)9-15(16)19/h3-9,11H,10H2,1-2H3,(H,20,21). The van der Waals surface area contributed by atoms with Crippen LogP contribution in [0.5, 0.6) is 0 Å². The van der Waals surface area contributed by atoms with Crippen molar-refractivity contribution < 1.29 is 13.6 Å². The highest BCUT2D eigenvalue weighted by atomic mass is 32.2. The van der Waals surface area contributed by atoms with E-state index in [1.54, 1.807) is 18.7 Å². The van der Waals surface area contributed by atoms with Gasteiger partial charge in [-0.15, -0.1) is 23.5 Å². The highest BCUT2D eigenvalue weighted by Gasteiger charge is 2.15. The normalized spacial score (nSPS) is 12.0. The number of halogens is 2. The van der Waals surface area contributed by atoms with Gasteiger partial charge in [0, 0.05) is 16.7 Å². The first-order chi connectivity index (χ1) is 11.0. The Morgan fingerprint density at radius 1 is 1.17 bits per heavy atom. The van der Waals surface area contributed by atoms with Crippen LogP contribution in [0.4, 0.5) is 14.5 Å². The van der Waals surface area contributed by atoms with Crippen molar-refractivity contribution in [1.82, 2.24) is 0 Å². The number of thioether (sulfide) groups is 2. The Morgan fingerprint density at radius 2 is 1.87 bits per heavy atom. The van der Waals surface area contributed by atoms with Crippen LogP contribution in [0.3, 0.4) is 0 Å². The number of nitrogens with one attached hydrogen (secondary N) is 1. The molecule has 0 fully saturated rings. The molecule has 1 amide bonds. The lowest BCUT2D eigenvalue weighted by Gasteiger charge is -2.12. The van der Waals surface area contributed by atoms with Crippen LogP contribution in [0, 0.1) is 11.6 Å². The summed E-state index contributed by atoms with van der Waals surface area (Å²) in [5, 5.41) is 2.14. The van der Waals surface area contributed by atoms with Crippen LogP contribution in [0.25, 0.3) is 0 Å². The molecule has 2 aromatic carbocycles. The minimum atomic E-state index is -0.775. The summed E-state index contributed by atoms with van der Waals surface area (Å²) in [6, 6.07) is 11.2. The molecule has 1 unspecified atom stereocenters. The number of hydrogen-bond donors (Lipinski definition) is 1. The van der Waals surface area contributed by atoms with Crippen molar-refractivity contribution in [3.63, 3.8) is 0 Å². The summed E-state index contributed by atoms with van der Waals surface area (Å²) in [5.41, 5.74) is 1.12. The summed E-state index contributed by atoms with van der Waals surface area (Å²) in [7, 11) is 0. The fourth-order valence-electron chi connectivity index (χ4n) is 1.84. The SMILES string of the molecule is CSc1ccc(CSC(C)C(=O)Nc2ccc(F)cc2F)cc1. The van der Waals surface area contributed by atoms with Gasteiger partial charge >= 0.3 is 0 Å². The van der Waals surface area contributed by atoms with Gasteiger partial charge in [0.05, 0.1) is 10.9 Å². The molecule has 2 nitrogen and oxygen atoms in total. The average molecular weight is 353 g/mol. The second-order valence-electron chi connectivity index (χ2n) is 4.91. The Morgan fingerprint density at radius 3 is 2.48 bits per heavy atom. The third-order valence-corrected chi connectivity index (χ3v) is 5.17. The highest BCUT2D eigenvalue weighted by Crippen LogP contribution is 2.22. The first-order valence-electron chi connectivity index (χ1n) is 7.00. The average Bonchev–Trinajstić information content (AvgIpc) is 2.55. The molecule has 0 aliphatic heterocycles. The van der Waals surface area contributed by atoms with E-state index < -0.39 is 11.6 Å². The highest BCUT2D eigenvalue weighted by molar-refractivity contribution is 7.99. The Balaban J connectivity index is 1.89. The van der Waals surface area contributed by atoms with Crippen LogP contribution in [0.2, 0.25) is 0 Å². The summed E-state index contributed by atoms with van der Waals surface area (Å²) < 4.78 is 26.4. The fraction of sp³-hybridized carbons (Fsp3) is 0.235. The number of hydrogen-bond acceptors (Lipinski definition) is 3. The van der Waals surface area contributed by atoms with Crippen molar-refractivity contribution in [2.24, 2.45) is 0 Å². The summed E-state index contributed by atoms with van der Waals surface area (Å²) in [4.78, 5) is 13.3. The van der Waals surface area contributed by atoms with E-state index in [-0.39, 0.29) is 16.8 Å². The molecule has 122 valence electrons. The molecule has 0 spiro atoms. The number of benzene rings is 2. The minimum Gasteiger partial charge on any atom is -0.323 e. The monoisotopic (exact) mass is 353 g/mol. The Bertz CT molecular complexity index is 677. The molecule has 0 saturated heterocycles. The van der Waals surface area contributed by atoms with E-state index in [0.717, 1.165) is 17.7 Å². The quantitative estimate of drug-likeness (QED) is 0.745. The van der Waals surface area contributed by atoms with Gasteiger partial charge in [-0.25, -0.2) is 8.78 Å². The first-order valence-corrected chi connectivity index (χ1v) is 9.27. The maximum atomic E-state index is 13.5. The lowest BCUT2D eigenvalue weighted by atomic mass is 10.2. The maximum absolute atomic E-state index is 13.5. The van der Waals surface area contributed by atoms with E-state index >= 15 is 0 Å².